The second-order valence-electron chi connectivity index (χ2n) is 4.83. The minimum absolute atomic E-state index is 0.671. The summed E-state index contributed by atoms with van der Waals surface area (Å²) in [5.74, 6) is 0.775. The maximum atomic E-state index is 6.36. The van der Waals surface area contributed by atoms with Crippen LogP contribution >= 0.6 is 11.6 Å². The first-order valence-corrected chi connectivity index (χ1v) is 7.15. The van der Waals surface area contributed by atoms with Gasteiger partial charge >= 0.3 is 0 Å². The van der Waals surface area contributed by atoms with Crippen LogP contribution in [0.25, 0.3) is 0 Å². The van der Waals surface area contributed by atoms with Gasteiger partial charge in [-0.15, -0.1) is 0 Å². The van der Waals surface area contributed by atoms with E-state index in [1.807, 2.05) is 30.3 Å². The number of aryl methyl sites for hydroxylation is 1. The van der Waals surface area contributed by atoms with Crippen LogP contribution in [-0.2, 0) is 6.54 Å². The van der Waals surface area contributed by atoms with Crippen LogP contribution in [0, 0.1) is 6.92 Å². The molecule has 0 aliphatic heterocycles. The van der Waals surface area contributed by atoms with Gasteiger partial charge in [0.25, 0.3) is 0 Å². The van der Waals surface area contributed by atoms with Gasteiger partial charge in [-0.2, -0.15) is 0 Å². The molecule has 0 spiro atoms. The number of rotatable bonds is 5. The van der Waals surface area contributed by atoms with Crippen molar-refractivity contribution in [2.75, 3.05) is 18.5 Å². The van der Waals surface area contributed by atoms with Crippen LogP contribution in [-0.4, -0.2) is 18.6 Å². The largest absolute Gasteiger partial charge is 0.328 e. The van der Waals surface area contributed by atoms with Crippen molar-refractivity contribution < 1.29 is 0 Å². The lowest BCUT2D eigenvalue weighted by Gasteiger charge is -2.20. The molecule has 0 bridgehead atoms. The smallest absolute Gasteiger partial charge is 0.151 e. The van der Waals surface area contributed by atoms with Crippen LogP contribution in [0.3, 0.4) is 0 Å². The summed E-state index contributed by atoms with van der Waals surface area (Å²) >= 11 is 6.36. The highest BCUT2D eigenvalue weighted by Gasteiger charge is 2.10. The molecular formula is C16H20ClN3. The second-order valence-corrected chi connectivity index (χ2v) is 5.23. The van der Waals surface area contributed by atoms with E-state index in [1.54, 1.807) is 0 Å². The van der Waals surface area contributed by atoms with Crippen LogP contribution < -0.4 is 10.2 Å². The number of anilines is 2. The Kier molecular flexibility index (Phi) is 4.99. The Morgan fingerprint density at radius 3 is 2.75 bits per heavy atom. The number of aromatic nitrogens is 1. The van der Waals surface area contributed by atoms with Gasteiger partial charge in [0.15, 0.2) is 5.82 Å². The molecule has 1 aromatic heterocycles. The monoisotopic (exact) mass is 289 g/mol. The molecule has 106 valence electrons. The molecule has 1 heterocycles. The van der Waals surface area contributed by atoms with E-state index in [1.165, 1.54) is 5.56 Å². The highest BCUT2D eigenvalue weighted by Crippen LogP contribution is 2.29. The average Bonchev–Trinajstić information content (AvgIpc) is 2.44. The number of hydrogen-bond acceptors (Lipinski definition) is 3. The summed E-state index contributed by atoms with van der Waals surface area (Å²) in [5.41, 5.74) is 3.39. The average molecular weight is 290 g/mol. The van der Waals surface area contributed by atoms with Crippen LogP contribution in [0.5, 0.6) is 0 Å². The number of benzene rings is 1. The molecule has 0 aliphatic rings. The number of hydrogen-bond donors (Lipinski definition) is 1. The van der Waals surface area contributed by atoms with Crippen molar-refractivity contribution in [1.29, 1.82) is 0 Å². The minimum atomic E-state index is 0.671. The fraction of sp³-hybridized carbons (Fsp3) is 0.312. The predicted octanol–water partition coefficient (Wildman–Crippen LogP) is 3.92. The third-order valence-electron chi connectivity index (χ3n) is 3.16. The van der Waals surface area contributed by atoms with Gasteiger partial charge in [0.05, 0.1) is 5.02 Å². The topological polar surface area (TPSA) is 28.2 Å². The van der Waals surface area contributed by atoms with Crippen molar-refractivity contribution in [3.8, 4) is 0 Å². The molecule has 1 aromatic carbocycles. The normalized spacial score (nSPS) is 10.6. The first-order chi connectivity index (χ1) is 9.61. The lowest BCUT2D eigenvalue weighted by atomic mass is 10.2. The van der Waals surface area contributed by atoms with E-state index in [-0.39, 0.29) is 0 Å². The Labute approximate surface area is 125 Å². The molecule has 0 saturated heterocycles. The molecule has 0 unspecified atom stereocenters. The molecule has 0 fully saturated rings. The molecule has 4 heteroatoms. The van der Waals surface area contributed by atoms with Gasteiger partial charge < -0.3 is 10.2 Å². The summed E-state index contributed by atoms with van der Waals surface area (Å²) in [5, 5.41) is 3.94. The first-order valence-electron chi connectivity index (χ1n) is 6.77. The Morgan fingerprint density at radius 2 is 2.10 bits per heavy atom. The van der Waals surface area contributed by atoms with Crippen molar-refractivity contribution in [2.24, 2.45) is 0 Å². The van der Waals surface area contributed by atoms with Crippen molar-refractivity contribution >= 4 is 23.1 Å². The highest BCUT2D eigenvalue weighted by molar-refractivity contribution is 6.33. The Balaban J connectivity index is 2.24. The maximum absolute atomic E-state index is 6.36. The Morgan fingerprint density at radius 1 is 1.30 bits per heavy atom. The van der Waals surface area contributed by atoms with Gasteiger partial charge in [0.2, 0.25) is 0 Å². The molecule has 0 saturated carbocycles. The molecular weight excluding hydrogens is 270 g/mol. The predicted molar refractivity (Wildman–Crippen MR) is 85.9 cm³/mol. The summed E-state index contributed by atoms with van der Waals surface area (Å²) in [7, 11) is 1.98. The van der Waals surface area contributed by atoms with E-state index < -0.39 is 0 Å². The number of halogens is 1. The standard InChI is InChI=1S/C16H20ClN3/c1-4-18-10-13-9-15(17)16(19-11-13)20(3)14-7-5-6-12(2)8-14/h5-9,11,18H,4,10H2,1-3H3. The molecule has 20 heavy (non-hydrogen) atoms. The van der Waals surface area contributed by atoms with Gasteiger partial charge in [0, 0.05) is 25.5 Å². The molecule has 1 N–H and O–H groups in total. The molecule has 0 radical (unpaired) electrons. The summed E-state index contributed by atoms with van der Waals surface area (Å²) in [6, 6.07) is 10.3. The summed E-state index contributed by atoms with van der Waals surface area (Å²) in [4.78, 5) is 6.50. The van der Waals surface area contributed by atoms with E-state index in [0.29, 0.717) is 5.02 Å². The van der Waals surface area contributed by atoms with Crippen LogP contribution in [0.4, 0.5) is 11.5 Å². The van der Waals surface area contributed by atoms with E-state index in [2.05, 4.69) is 42.3 Å². The molecule has 3 nitrogen and oxygen atoms in total. The van der Waals surface area contributed by atoms with Gasteiger partial charge in [0.1, 0.15) is 0 Å². The van der Waals surface area contributed by atoms with E-state index in [0.717, 1.165) is 30.2 Å². The van der Waals surface area contributed by atoms with Gasteiger partial charge in [-0.25, -0.2) is 4.98 Å². The van der Waals surface area contributed by atoms with Gasteiger partial charge in [-0.1, -0.05) is 30.7 Å². The van der Waals surface area contributed by atoms with Crippen LogP contribution in [0.1, 0.15) is 18.1 Å². The van der Waals surface area contributed by atoms with Gasteiger partial charge in [-0.3, -0.25) is 0 Å². The lowest BCUT2D eigenvalue weighted by molar-refractivity contribution is 0.724. The number of nitrogens with zero attached hydrogens (tertiary/aromatic N) is 2. The van der Waals surface area contributed by atoms with Crippen molar-refractivity contribution in [3.63, 3.8) is 0 Å². The molecule has 0 amide bonds. The number of nitrogens with one attached hydrogen (secondary N) is 1. The number of pyridine rings is 1. The lowest BCUT2D eigenvalue weighted by Crippen LogP contribution is -2.14. The summed E-state index contributed by atoms with van der Waals surface area (Å²) < 4.78 is 0. The third-order valence-corrected chi connectivity index (χ3v) is 3.44. The summed E-state index contributed by atoms with van der Waals surface area (Å²) in [6.07, 6.45) is 1.87. The van der Waals surface area contributed by atoms with E-state index >= 15 is 0 Å². The van der Waals surface area contributed by atoms with Gasteiger partial charge in [-0.05, 0) is 42.8 Å². The van der Waals surface area contributed by atoms with E-state index in [4.69, 9.17) is 11.6 Å². The molecule has 0 aliphatic carbocycles. The van der Waals surface area contributed by atoms with Crippen molar-refractivity contribution in [3.05, 3.63) is 52.7 Å². The fourth-order valence-corrected chi connectivity index (χ4v) is 2.36. The first kappa shape index (κ1) is 14.8. The zero-order valence-electron chi connectivity index (χ0n) is 12.2. The molecule has 2 aromatic rings. The maximum Gasteiger partial charge on any atom is 0.151 e. The minimum Gasteiger partial charge on any atom is -0.328 e. The van der Waals surface area contributed by atoms with Crippen LogP contribution in [0.2, 0.25) is 5.02 Å². The quantitative estimate of drug-likeness (QED) is 0.904. The van der Waals surface area contributed by atoms with E-state index in [9.17, 15) is 0 Å². The van der Waals surface area contributed by atoms with Crippen LogP contribution in [0.15, 0.2) is 36.5 Å². The molecule has 0 atom stereocenters. The Bertz CT molecular complexity index is 584. The fourth-order valence-electron chi connectivity index (χ4n) is 2.04. The summed E-state index contributed by atoms with van der Waals surface area (Å²) in [6.45, 7) is 5.88. The highest BCUT2D eigenvalue weighted by atomic mass is 35.5. The zero-order chi connectivity index (χ0) is 14.5. The second kappa shape index (κ2) is 6.73. The van der Waals surface area contributed by atoms with Crippen molar-refractivity contribution in [2.45, 2.75) is 20.4 Å². The molecule has 2 rings (SSSR count). The van der Waals surface area contributed by atoms with Crippen molar-refractivity contribution in [1.82, 2.24) is 10.3 Å². The third kappa shape index (κ3) is 3.50. The SMILES string of the molecule is CCNCc1cnc(N(C)c2cccc(C)c2)c(Cl)c1. The zero-order valence-corrected chi connectivity index (χ0v) is 12.9. The Hall–Kier alpha value is -1.58.